The molecule has 1 aromatic carbocycles. The third-order valence-electron chi connectivity index (χ3n) is 5.06. The number of hydrogen-bond acceptors (Lipinski definition) is 3. The number of hydrogen-bond donors (Lipinski definition) is 0. The van der Waals surface area contributed by atoms with E-state index >= 15 is 0 Å². The summed E-state index contributed by atoms with van der Waals surface area (Å²) < 4.78 is 11.4. The summed E-state index contributed by atoms with van der Waals surface area (Å²) in [7, 11) is 0. The molecule has 0 N–H and O–H groups in total. The topological polar surface area (TPSA) is 38.8 Å². The molecule has 3 fully saturated rings. The van der Waals surface area contributed by atoms with Gasteiger partial charge < -0.3 is 14.4 Å². The summed E-state index contributed by atoms with van der Waals surface area (Å²) in [4.78, 5) is 14.6. The van der Waals surface area contributed by atoms with Crippen molar-refractivity contribution >= 4 is 17.5 Å². The molecule has 118 valence electrons. The van der Waals surface area contributed by atoms with Crippen molar-refractivity contribution in [2.45, 2.75) is 31.0 Å². The first-order valence-corrected chi connectivity index (χ1v) is 8.37. The Kier molecular flexibility index (Phi) is 3.63. The van der Waals surface area contributed by atoms with Gasteiger partial charge in [-0.2, -0.15) is 0 Å². The van der Waals surface area contributed by atoms with Crippen molar-refractivity contribution in [3.63, 3.8) is 0 Å². The molecule has 2 heterocycles. The van der Waals surface area contributed by atoms with Gasteiger partial charge in [0.1, 0.15) is 0 Å². The first-order valence-electron chi connectivity index (χ1n) is 8.00. The van der Waals surface area contributed by atoms with Crippen molar-refractivity contribution in [1.29, 1.82) is 0 Å². The van der Waals surface area contributed by atoms with Crippen molar-refractivity contribution < 1.29 is 14.3 Å². The average molecular weight is 322 g/mol. The van der Waals surface area contributed by atoms with Crippen molar-refractivity contribution in [1.82, 2.24) is 4.90 Å². The zero-order valence-electron chi connectivity index (χ0n) is 12.5. The zero-order chi connectivity index (χ0) is 15.2. The van der Waals surface area contributed by atoms with E-state index < -0.39 is 5.79 Å². The van der Waals surface area contributed by atoms with Crippen LogP contribution in [0.15, 0.2) is 24.3 Å². The van der Waals surface area contributed by atoms with E-state index in [0.717, 1.165) is 42.9 Å². The van der Waals surface area contributed by atoms with E-state index in [1.807, 2.05) is 29.2 Å². The summed E-state index contributed by atoms with van der Waals surface area (Å²) in [6, 6.07) is 7.85. The number of likely N-dealkylation sites (tertiary alicyclic amines) is 1. The standard InChI is InChI=1S/C17H20ClNO3/c18-15-4-2-1-3-12(15)13-11-14(13)16(20)19-7-5-17(6-8-19)21-9-10-22-17/h1-4,13-14H,5-11H2. The summed E-state index contributed by atoms with van der Waals surface area (Å²) in [6.07, 6.45) is 2.47. The molecule has 4 nitrogen and oxygen atoms in total. The van der Waals surface area contributed by atoms with E-state index in [4.69, 9.17) is 21.1 Å². The molecule has 22 heavy (non-hydrogen) atoms. The van der Waals surface area contributed by atoms with Crippen LogP contribution in [-0.4, -0.2) is 42.9 Å². The van der Waals surface area contributed by atoms with Gasteiger partial charge in [-0.1, -0.05) is 29.8 Å². The Balaban J connectivity index is 1.37. The van der Waals surface area contributed by atoms with E-state index in [1.54, 1.807) is 0 Å². The summed E-state index contributed by atoms with van der Waals surface area (Å²) in [5.74, 6) is 0.232. The Morgan fingerprint density at radius 3 is 2.55 bits per heavy atom. The first-order chi connectivity index (χ1) is 10.7. The molecule has 1 saturated carbocycles. The predicted octanol–water partition coefficient (Wildman–Crippen LogP) is 2.81. The largest absolute Gasteiger partial charge is 0.347 e. The van der Waals surface area contributed by atoms with Crippen LogP contribution in [0.3, 0.4) is 0 Å². The van der Waals surface area contributed by atoms with Gasteiger partial charge in [0.2, 0.25) is 5.91 Å². The molecular formula is C17H20ClNO3. The van der Waals surface area contributed by atoms with E-state index in [0.29, 0.717) is 13.2 Å². The molecule has 1 amide bonds. The van der Waals surface area contributed by atoms with Crippen LogP contribution in [0.5, 0.6) is 0 Å². The number of amides is 1. The second-order valence-electron chi connectivity index (χ2n) is 6.40. The third kappa shape index (κ3) is 2.53. The Bertz CT molecular complexity index is 575. The second-order valence-corrected chi connectivity index (χ2v) is 6.81. The maximum atomic E-state index is 12.7. The van der Waals surface area contributed by atoms with Crippen LogP contribution < -0.4 is 0 Å². The SMILES string of the molecule is O=C(C1CC1c1ccccc1Cl)N1CCC2(CC1)OCCO2. The molecule has 0 aromatic heterocycles. The van der Waals surface area contributed by atoms with Gasteiger partial charge in [0.15, 0.2) is 5.79 Å². The molecule has 0 radical (unpaired) electrons. The number of carbonyl (C=O) groups excluding carboxylic acids is 1. The molecule has 3 aliphatic rings. The van der Waals surface area contributed by atoms with Crippen molar-refractivity contribution in [2.24, 2.45) is 5.92 Å². The quantitative estimate of drug-likeness (QED) is 0.841. The summed E-state index contributed by atoms with van der Waals surface area (Å²) >= 11 is 6.24. The minimum absolute atomic E-state index is 0.0966. The fraction of sp³-hybridized carbons (Fsp3) is 0.588. The van der Waals surface area contributed by atoms with Crippen LogP contribution >= 0.6 is 11.6 Å². The van der Waals surface area contributed by atoms with Crippen molar-refractivity contribution in [2.75, 3.05) is 26.3 Å². The molecule has 2 unspecified atom stereocenters. The van der Waals surface area contributed by atoms with Gasteiger partial charge in [-0.25, -0.2) is 0 Å². The normalized spacial score (nSPS) is 29.8. The van der Waals surface area contributed by atoms with Crippen LogP contribution in [0.2, 0.25) is 5.02 Å². The molecule has 2 atom stereocenters. The molecule has 2 aliphatic heterocycles. The first kappa shape index (κ1) is 14.5. The lowest BCUT2D eigenvalue weighted by molar-refractivity contribution is -0.187. The maximum Gasteiger partial charge on any atom is 0.226 e. The minimum atomic E-state index is -0.414. The molecule has 2 saturated heterocycles. The van der Waals surface area contributed by atoms with Crippen LogP contribution in [0.4, 0.5) is 0 Å². The maximum absolute atomic E-state index is 12.7. The highest BCUT2D eigenvalue weighted by molar-refractivity contribution is 6.31. The highest BCUT2D eigenvalue weighted by atomic mass is 35.5. The Labute approximate surface area is 135 Å². The Hall–Kier alpha value is -1.10. The Morgan fingerprint density at radius 1 is 1.18 bits per heavy atom. The van der Waals surface area contributed by atoms with E-state index in [9.17, 15) is 4.79 Å². The molecule has 4 rings (SSSR count). The van der Waals surface area contributed by atoms with Gasteiger partial charge in [0.25, 0.3) is 0 Å². The fourth-order valence-electron chi connectivity index (χ4n) is 3.68. The monoisotopic (exact) mass is 321 g/mol. The van der Waals surface area contributed by atoms with Crippen LogP contribution in [0.1, 0.15) is 30.7 Å². The van der Waals surface area contributed by atoms with Gasteiger partial charge >= 0.3 is 0 Å². The number of benzene rings is 1. The number of carbonyl (C=O) groups is 1. The summed E-state index contributed by atoms with van der Waals surface area (Å²) in [5, 5.41) is 0.771. The molecule has 1 spiro atoms. The Morgan fingerprint density at radius 2 is 1.86 bits per heavy atom. The molecule has 5 heteroatoms. The second kappa shape index (κ2) is 5.52. The van der Waals surface area contributed by atoms with Crippen LogP contribution in [-0.2, 0) is 14.3 Å². The van der Waals surface area contributed by atoms with Gasteiger partial charge in [0.05, 0.1) is 13.2 Å². The van der Waals surface area contributed by atoms with E-state index in [1.165, 1.54) is 0 Å². The number of nitrogens with zero attached hydrogens (tertiary/aromatic N) is 1. The lowest BCUT2D eigenvalue weighted by Crippen LogP contribution is -2.47. The fourth-order valence-corrected chi connectivity index (χ4v) is 3.95. The van der Waals surface area contributed by atoms with Gasteiger partial charge in [0, 0.05) is 36.9 Å². The minimum Gasteiger partial charge on any atom is -0.347 e. The lowest BCUT2D eigenvalue weighted by Gasteiger charge is -2.37. The van der Waals surface area contributed by atoms with Crippen LogP contribution in [0.25, 0.3) is 0 Å². The summed E-state index contributed by atoms with van der Waals surface area (Å²) in [6.45, 7) is 2.80. The third-order valence-corrected chi connectivity index (χ3v) is 5.41. The lowest BCUT2D eigenvalue weighted by atomic mass is 10.0. The highest BCUT2D eigenvalue weighted by Gasteiger charge is 2.48. The van der Waals surface area contributed by atoms with Crippen molar-refractivity contribution in [3.8, 4) is 0 Å². The molecular weight excluding hydrogens is 302 g/mol. The zero-order valence-corrected chi connectivity index (χ0v) is 13.2. The van der Waals surface area contributed by atoms with Gasteiger partial charge in [-0.15, -0.1) is 0 Å². The number of rotatable bonds is 2. The summed E-state index contributed by atoms with van der Waals surface area (Å²) in [5.41, 5.74) is 1.11. The number of halogens is 1. The number of piperidine rings is 1. The van der Waals surface area contributed by atoms with E-state index in [2.05, 4.69) is 0 Å². The molecule has 1 aromatic rings. The van der Waals surface area contributed by atoms with Crippen LogP contribution in [0, 0.1) is 5.92 Å². The van der Waals surface area contributed by atoms with E-state index in [-0.39, 0.29) is 17.7 Å². The van der Waals surface area contributed by atoms with Gasteiger partial charge in [-0.05, 0) is 24.0 Å². The van der Waals surface area contributed by atoms with Crippen molar-refractivity contribution in [3.05, 3.63) is 34.9 Å². The molecule has 1 aliphatic carbocycles. The number of ether oxygens (including phenoxy) is 2. The van der Waals surface area contributed by atoms with Gasteiger partial charge in [-0.3, -0.25) is 4.79 Å². The molecule has 0 bridgehead atoms. The smallest absolute Gasteiger partial charge is 0.226 e. The average Bonchev–Trinajstić information content (AvgIpc) is 3.21. The predicted molar refractivity (Wildman–Crippen MR) is 82.7 cm³/mol. The highest BCUT2D eigenvalue weighted by Crippen LogP contribution is 2.50.